The number of nitrogens with one attached hydrogen (secondary N) is 1. The number of piperidine rings is 3. The summed E-state index contributed by atoms with van der Waals surface area (Å²) in [5, 5.41) is 12.7. The highest BCUT2D eigenvalue weighted by molar-refractivity contribution is 6.05. The smallest absolute Gasteiger partial charge is 0.255 e. The molecule has 12 rings (SSSR count). The van der Waals surface area contributed by atoms with E-state index in [2.05, 4.69) is 108 Å². The molecule has 6 heterocycles. The van der Waals surface area contributed by atoms with Crippen molar-refractivity contribution in [1.29, 1.82) is 0 Å². The van der Waals surface area contributed by atoms with Gasteiger partial charge in [0.05, 0.1) is 0 Å². The summed E-state index contributed by atoms with van der Waals surface area (Å²) in [6.45, 7) is 16.8. The number of carbonyl (C=O) groups excluding carboxylic acids is 3. The van der Waals surface area contributed by atoms with Crippen LogP contribution in [0.1, 0.15) is 121 Å². The number of phenols is 1. The van der Waals surface area contributed by atoms with E-state index in [0.29, 0.717) is 42.3 Å². The van der Waals surface area contributed by atoms with E-state index in [-0.39, 0.29) is 30.1 Å². The molecule has 6 aliphatic heterocycles. The van der Waals surface area contributed by atoms with Crippen LogP contribution in [0, 0.1) is 11.8 Å². The van der Waals surface area contributed by atoms with Crippen LogP contribution >= 0.6 is 0 Å². The molecule has 6 fully saturated rings. The fraction of sp³-hybridized carbons (Fsp3) is 0.557. The number of piperazine rings is 2. The zero-order chi connectivity index (χ0) is 49.4. The molecule has 3 unspecified atom stereocenters. The van der Waals surface area contributed by atoms with Gasteiger partial charge in [-0.25, -0.2) is 0 Å². The van der Waals surface area contributed by atoms with Gasteiger partial charge < -0.3 is 29.6 Å². The first-order valence-electron chi connectivity index (χ1n) is 28.4. The van der Waals surface area contributed by atoms with Crippen molar-refractivity contribution in [3.8, 4) is 5.75 Å². The molecule has 5 saturated heterocycles. The van der Waals surface area contributed by atoms with E-state index in [1.807, 2.05) is 18.2 Å². The Balaban J connectivity index is 0.571. The van der Waals surface area contributed by atoms with E-state index >= 15 is 0 Å². The maximum absolute atomic E-state index is 13.3. The lowest BCUT2D eigenvalue weighted by molar-refractivity contribution is -0.136. The van der Waals surface area contributed by atoms with Crippen molar-refractivity contribution in [3.63, 3.8) is 0 Å². The van der Waals surface area contributed by atoms with Crippen LogP contribution in [-0.4, -0.2) is 157 Å². The van der Waals surface area contributed by atoms with E-state index in [1.54, 1.807) is 4.90 Å². The number of aryl methyl sites for hydroxylation is 1. The Morgan fingerprint density at radius 3 is 1.75 bits per heavy atom. The second-order valence-corrected chi connectivity index (χ2v) is 23.2. The second kappa shape index (κ2) is 21.5. The largest absolute Gasteiger partial charge is 0.508 e. The van der Waals surface area contributed by atoms with Gasteiger partial charge in [-0.1, -0.05) is 61.4 Å². The number of aromatic hydroxyl groups is 1. The van der Waals surface area contributed by atoms with Crippen LogP contribution in [0.15, 0.2) is 91.0 Å². The fourth-order valence-corrected chi connectivity index (χ4v) is 15.0. The lowest BCUT2D eigenvalue weighted by atomic mass is 9.69. The van der Waals surface area contributed by atoms with Gasteiger partial charge >= 0.3 is 0 Å². The number of imide groups is 1. The first-order valence-corrected chi connectivity index (χ1v) is 28.4. The number of carbonyl (C=O) groups is 3. The van der Waals surface area contributed by atoms with Crippen LogP contribution in [0.5, 0.6) is 5.75 Å². The topological polar surface area (TPSA) is 106 Å². The Bertz CT molecular complexity index is 2580. The van der Waals surface area contributed by atoms with E-state index in [4.69, 9.17) is 0 Å². The Labute approximate surface area is 433 Å². The van der Waals surface area contributed by atoms with Crippen molar-refractivity contribution in [2.75, 3.05) is 101 Å². The number of amides is 3. The van der Waals surface area contributed by atoms with Crippen molar-refractivity contribution in [1.82, 2.24) is 29.8 Å². The average molecular weight is 987 g/mol. The maximum atomic E-state index is 13.3. The minimum Gasteiger partial charge on any atom is -0.508 e. The van der Waals surface area contributed by atoms with Crippen LogP contribution in [0.2, 0.25) is 0 Å². The lowest BCUT2D eigenvalue weighted by Crippen LogP contribution is -2.55. The fourth-order valence-electron chi connectivity index (χ4n) is 15.0. The summed E-state index contributed by atoms with van der Waals surface area (Å²) in [6, 6.07) is 33.5. The van der Waals surface area contributed by atoms with E-state index in [0.717, 1.165) is 69.3 Å². The third kappa shape index (κ3) is 10.4. The molecule has 0 aromatic heterocycles. The Morgan fingerprint density at radius 1 is 0.534 bits per heavy atom. The number of phenolic OH excluding ortho intramolecular Hbond substituents is 1. The molecule has 5 atom stereocenters. The molecule has 0 radical (unpaired) electrons. The minimum atomic E-state index is -0.576. The molecule has 0 spiro atoms. The summed E-state index contributed by atoms with van der Waals surface area (Å²) < 4.78 is 0. The SMILES string of the molecule is O=C1CCC(N2Cc3cc(N4CCC(N5CCN(C[C@@H]6CCCC[C@H]6CN6CCN(C7CCN(c8ccc(C9c%10ccc(O)cc%10CCC9c9ccccc9)cc8)CC7)CC6)CC5)CC4)ccc3C2=O)C(=O)N1. The van der Waals surface area contributed by atoms with E-state index < -0.39 is 6.04 Å². The van der Waals surface area contributed by atoms with Crippen LogP contribution < -0.4 is 15.1 Å². The zero-order valence-corrected chi connectivity index (χ0v) is 43.1. The van der Waals surface area contributed by atoms with Gasteiger partial charge in [0, 0.05) is 140 Å². The van der Waals surface area contributed by atoms with Crippen molar-refractivity contribution < 1.29 is 19.5 Å². The molecule has 12 nitrogen and oxygen atoms in total. The molecular weight excluding hydrogens is 909 g/mol. The molecule has 2 N–H and O–H groups in total. The first-order chi connectivity index (χ1) is 35.8. The predicted molar refractivity (Wildman–Crippen MR) is 288 cm³/mol. The Kier molecular flexibility index (Phi) is 14.3. The minimum absolute atomic E-state index is 0.104. The van der Waals surface area contributed by atoms with Gasteiger partial charge in [0.15, 0.2) is 0 Å². The van der Waals surface area contributed by atoms with E-state index in [9.17, 15) is 19.5 Å². The Hall–Kier alpha value is -5.27. The standard InChI is InChI=1S/C61H78N8O4/c70-53-16-19-55-45(39-53)12-17-54(43-6-2-1-3-7-43)59(55)44-10-13-49(14-11-44)65-26-22-50(23-27-65)67-34-30-63(31-35-67)40-46-8-4-5-9-47(46)41-64-32-36-68(37-33-64)51-24-28-66(29-25-51)52-15-18-56-48(38-52)42-69(61(56)73)57-20-21-58(71)62-60(57)72/h1-3,6-7,10-11,13-16,18-19,38-39,46-47,50-51,54,57,59,70H,4-5,8-9,12,17,20-37,40-42H2,(H,62,71,72)/t46-,47-,54?,57?,59?/m0/s1. The molecule has 73 heavy (non-hydrogen) atoms. The van der Waals surface area contributed by atoms with Crippen LogP contribution in [0.3, 0.4) is 0 Å². The third-order valence-corrected chi connectivity index (χ3v) is 19.1. The predicted octanol–water partition coefficient (Wildman–Crippen LogP) is 7.69. The van der Waals surface area contributed by atoms with E-state index in [1.165, 1.54) is 138 Å². The summed E-state index contributed by atoms with van der Waals surface area (Å²) >= 11 is 0. The van der Waals surface area contributed by atoms with Gasteiger partial charge in [0.1, 0.15) is 11.8 Å². The third-order valence-electron chi connectivity index (χ3n) is 19.1. The summed E-state index contributed by atoms with van der Waals surface area (Å²) in [4.78, 5) is 55.5. The number of hydrogen-bond donors (Lipinski definition) is 2. The number of nitrogens with zero attached hydrogens (tertiary/aromatic N) is 7. The van der Waals surface area contributed by atoms with Gasteiger partial charge in [-0.15, -0.1) is 0 Å². The van der Waals surface area contributed by atoms with Gasteiger partial charge in [-0.2, -0.15) is 0 Å². The Morgan fingerprint density at radius 2 is 1.14 bits per heavy atom. The van der Waals surface area contributed by atoms with Crippen molar-refractivity contribution in [2.45, 2.75) is 114 Å². The summed E-state index contributed by atoms with van der Waals surface area (Å²) in [7, 11) is 0. The van der Waals surface area contributed by atoms with Gasteiger partial charge in [0.2, 0.25) is 11.8 Å². The normalized spacial score (nSPS) is 27.5. The number of fused-ring (bicyclic) bond motifs is 2. The highest BCUT2D eigenvalue weighted by Gasteiger charge is 2.40. The first kappa shape index (κ1) is 48.7. The number of hydrogen-bond acceptors (Lipinski definition) is 10. The van der Waals surface area contributed by atoms with Crippen LogP contribution in [0.4, 0.5) is 11.4 Å². The summed E-state index contributed by atoms with van der Waals surface area (Å²) in [5.41, 5.74) is 9.62. The van der Waals surface area contributed by atoms with Crippen LogP contribution in [0.25, 0.3) is 0 Å². The number of anilines is 2. The zero-order valence-electron chi connectivity index (χ0n) is 43.1. The lowest BCUT2D eigenvalue weighted by Gasteiger charge is -2.46. The van der Waals surface area contributed by atoms with Crippen LogP contribution in [-0.2, 0) is 22.6 Å². The highest BCUT2D eigenvalue weighted by Crippen LogP contribution is 2.47. The van der Waals surface area contributed by atoms with Gasteiger partial charge in [0.25, 0.3) is 5.91 Å². The van der Waals surface area contributed by atoms with Gasteiger partial charge in [-0.05, 0) is 146 Å². The molecule has 1 saturated carbocycles. The molecule has 12 heteroatoms. The molecule has 0 bridgehead atoms. The molecule has 4 aromatic carbocycles. The quantitative estimate of drug-likeness (QED) is 0.146. The number of rotatable bonds is 11. The highest BCUT2D eigenvalue weighted by atomic mass is 16.3. The number of benzene rings is 4. The monoisotopic (exact) mass is 987 g/mol. The molecular formula is C61H78N8O4. The molecule has 4 aromatic rings. The summed E-state index contributed by atoms with van der Waals surface area (Å²) in [5.74, 6) is 2.00. The van der Waals surface area contributed by atoms with Gasteiger partial charge in [-0.3, -0.25) is 29.5 Å². The van der Waals surface area contributed by atoms with Crippen molar-refractivity contribution in [2.24, 2.45) is 11.8 Å². The van der Waals surface area contributed by atoms with Crippen molar-refractivity contribution in [3.05, 3.63) is 124 Å². The molecule has 386 valence electrons. The maximum Gasteiger partial charge on any atom is 0.255 e. The molecule has 3 amide bonds. The molecule has 8 aliphatic rings. The summed E-state index contributed by atoms with van der Waals surface area (Å²) in [6.07, 6.45) is 13.1. The molecule has 2 aliphatic carbocycles. The average Bonchev–Trinajstić information content (AvgIpc) is 3.76. The second-order valence-electron chi connectivity index (χ2n) is 23.2. The van der Waals surface area contributed by atoms with Crippen molar-refractivity contribution >= 4 is 29.1 Å².